The molecule has 170 valence electrons. The standard InChI is InChI=1S/C24H27NO7/c1-29-19-10-8-18(9-11-19)14-31-13-12-20-21(26)24(23(28)30-2,25-22(20)27)16-32-15-17-6-4-3-5-7-17/h3-12,21,26H,13-16H2,1-2H3,(H,25,27)/b20-12+/t21-,24+/m0/s1. The number of amides is 1. The molecule has 2 aromatic rings. The predicted octanol–water partition coefficient (Wildman–Crippen LogP) is 1.76. The van der Waals surface area contributed by atoms with Gasteiger partial charge in [0.05, 0.1) is 40.6 Å². The molecule has 2 atom stereocenters. The summed E-state index contributed by atoms with van der Waals surface area (Å²) < 4.78 is 21.2. The van der Waals surface area contributed by atoms with Crippen molar-refractivity contribution in [2.24, 2.45) is 0 Å². The van der Waals surface area contributed by atoms with Crippen LogP contribution in [0.4, 0.5) is 0 Å². The highest BCUT2D eigenvalue weighted by atomic mass is 16.5. The van der Waals surface area contributed by atoms with Gasteiger partial charge in [0.2, 0.25) is 0 Å². The molecule has 1 heterocycles. The normalized spacial score (nSPS) is 21.4. The molecule has 1 aliphatic heterocycles. The molecule has 8 heteroatoms. The number of methoxy groups -OCH3 is 2. The van der Waals surface area contributed by atoms with Gasteiger partial charge in [-0.3, -0.25) is 4.79 Å². The first-order valence-electron chi connectivity index (χ1n) is 10.1. The van der Waals surface area contributed by atoms with Crippen LogP contribution in [0.5, 0.6) is 5.75 Å². The number of aliphatic hydroxyl groups excluding tert-OH is 1. The van der Waals surface area contributed by atoms with Crippen LogP contribution in [0.3, 0.4) is 0 Å². The summed E-state index contributed by atoms with van der Waals surface area (Å²) in [4.78, 5) is 25.0. The SMILES string of the molecule is COC(=O)[C@]1(COCc2ccccc2)NC(=O)/C(=C/COCc2ccc(OC)cc2)[C@@H]1O. The van der Waals surface area contributed by atoms with Crippen molar-refractivity contribution in [1.82, 2.24) is 5.32 Å². The van der Waals surface area contributed by atoms with Crippen molar-refractivity contribution in [3.8, 4) is 5.75 Å². The van der Waals surface area contributed by atoms with E-state index in [0.717, 1.165) is 16.9 Å². The van der Waals surface area contributed by atoms with Crippen LogP contribution in [0.25, 0.3) is 0 Å². The topological polar surface area (TPSA) is 103 Å². The molecule has 1 aliphatic rings. The van der Waals surface area contributed by atoms with E-state index in [1.807, 2.05) is 54.6 Å². The van der Waals surface area contributed by atoms with Gasteiger partial charge < -0.3 is 29.4 Å². The summed E-state index contributed by atoms with van der Waals surface area (Å²) in [6.07, 6.45) is 0.0219. The highest BCUT2D eigenvalue weighted by Crippen LogP contribution is 2.28. The molecule has 0 aliphatic carbocycles. The van der Waals surface area contributed by atoms with Gasteiger partial charge in [-0.15, -0.1) is 0 Å². The van der Waals surface area contributed by atoms with E-state index in [0.29, 0.717) is 6.61 Å². The van der Waals surface area contributed by atoms with Gasteiger partial charge in [0.15, 0.2) is 5.54 Å². The van der Waals surface area contributed by atoms with Crippen LogP contribution < -0.4 is 10.1 Å². The molecule has 0 spiro atoms. The van der Waals surface area contributed by atoms with E-state index in [9.17, 15) is 14.7 Å². The van der Waals surface area contributed by atoms with Crippen molar-refractivity contribution >= 4 is 11.9 Å². The van der Waals surface area contributed by atoms with Crippen molar-refractivity contribution in [2.75, 3.05) is 27.4 Å². The van der Waals surface area contributed by atoms with Crippen molar-refractivity contribution in [3.63, 3.8) is 0 Å². The predicted molar refractivity (Wildman–Crippen MR) is 116 cm³/mol. The van der Waals surface area contributed by atoms with Crippen LogP contribution in [-0.4, -0.2) is 56.1 Å². The first-order valence-corrected chi connectivity index (χ1v) is 10.1. The second-order valence-corrected chi connectivity index (χ2v) is 7.32. The zero-order chi connectivity index (χ0) is 23.0. The fourth-order valence-electron chi connectivity index (χ4n) is 3.41. The summed E-state index contributed by atoms with van der Waals surface area (Å²) >= 11 is 0. The lowest BCUT2D eigenvalue weighted by Crippen LogP contribution is -2.59. The zero-order valence-corrected chi connectivity index (χ0v) is 18.1. The molecular weight excluding hydrogens is 414 g/mol. The number of nitrogens with one attached hydrogen (secondary N) is 1. The number of hydrogen-bond donors (Lipinski definition) is 2. The number of carbonyl (C=O) groups is 2. The third kappa shape index (κ3) is 5.34. The zero-order valence-electron chi connectivity index (χ0n) is 18.1. The molecular formula is C24H27NO7. The van der Waals surface area contributed by atoms with Crippen LogP contribution in [-0.2, 0) is 37.0 Å². The van der Waals surface area contributed by atoms with E-state index < -0.39 is 23.5 Å². The molecule has 0 aromatic heterocycles. The first-order chi connectivity index (χ1) is 15.5. The first kappa shape index (κ1) is 23.5. The number of hydrogen-bond acceptors (Lipinski definition) is 7. The highest BCUT2D eigenvalue weighted by molar-refractivity contribution is 6.04. The Morgan fingerprint density at radius 2 is 1.69 bits per heavy atom. The quantitative estimate of drug-likeness (QED) is 0.329. The number of aliphatic hydroxyl groups is 1. The third-order valence-corrected chi connectivity index (χ3v) is 5.20. The fraction of sp³-hybridized carbons (Fsp3) is 0.333. The maximum absolute atomic E-state index is 12.5. The number of benzene rings is 2. The van der Waals surface area contributed by atoms with E-state index in [2.05, 4.69) is 5.32 Å². The minimum Gasteiger partial charge on any atom is -0.497 e. The van der Waals surface area contributed by atoms with Crippen LogP contribution in [0.15, 0.2) is 66.2 Å². The third-order valence-electron chi connectivity index (χ3n) is 5.20. The molecule has 0 unspecified atom stereocenters. The van der Waals surface area contributed by atoms with Crippen molar-refractivity contribution in [2.45, 2.75) is 24.9 Å². The molecule has 32 heavy (non-hydrogen) atoms. The molecule has 0 saturated carbocycles. The summed E-state index contributed by atoms with van der Waals surface area (Å²) in [5, 5.41) is 13.4. The Kier molecular flexibility index (Phi) is 7.99. The summed E-state index contributed by atoms with van der Waals surface area (Å²) in [5.74, 6) is -0.608. The number of esters is 1. The van der Waals surface area contributed by atoms with Gasteiger partial charge in [-0.25, -0.2) is 4.79 Å². The monoisotopic (exact) mass is 441 g/mol. The molecule has 0 radical (unpaired) electrons. The minimum atomic E-state index is -1.72. The molecule has 1 amide bonds. The van der Waals surface area contributed by atoms with E-state index in [1.54, 1.807) is 7.11 Å². The fourth-order valence-corrected chi connectivity index (χ4v) is 3.41. The largest absolute Gasteiger partial charge is 0.497 e. The maximum Gasteiger partial charge on any atom is 0.337 e. The van der Waals surface area contributed by atoms with Gasteiger partial charge in [-0.2, -0.15) is 0 Å². The van der Waals surface area contributed by atoms with E-state index in [1.165, 1.54) is 13.2 Å². The Bertz CT molecular complexity index is 943. The Labute approximate surface area is 186 Å². The summed E-state index contributed by atoms with van der Waals surface area (Å²) in [6.45, 7) is 0.361. The lowest BCUT2D eigenvalue weighted by atomic mass is 9.93. The summed E-state index contributed by atoms with van der Waals surface area (Å²) in [5.41, 5.74) is 0.143. The second-order valence-electron chi connectivity index (χ2n) is 7.32. The van der Waals surface area contributed by atoms with Crippen LogP contribution in [0.1, 0.15) is 11.1 Å². The van der Waals surface area contributed by atoms with Gasteiger partial charge in [0.25, 0.3) is 5.91 Å². The van der Waals surface area contributed by atoms with E-state index in [4.69, 9.17) is 18.9 Å². The Hall–Kier alpha value is -3.20. The minimum absolute atomic E-state index is 0.0356. The molecule has 1 fully saturated rings. The van der Waals surface area contributed by atoms with Gasteiger partial charge in [-0.05, 0) is 29.3 Å². The van der Waals surface area contributed by atoms with Crippen molar-refractivity contribution in [3.05, 3.63) is 77.4 Å². The molecule has 8 nitrogen and oxygen atoms in total. The Morgan fingerprint density at radius 3 is 2.34 bits per heavy atom. The number of rotatable bonds is 10. The van der Waals surface area contributed by atoms with Gasteiger partial charge in [0.1, 0.15) is 11.9 Å². The average molecular weight is 441 g/mol. The lowest BCUT2D eigenvalue weighted by molar-refractivity contribution is -0.156. The van der Waals surface area contributed by atoms with Gasteiger partial charge >= 0.3 is 5.97 Å². The molecule has 2 N–H and O–H groups in total. The van der Waals surface area contributed by atoms with Crippen LogP contribution >= 0.6 is 0 Å². The summed E-state index contributed by atoms with van der Waals surface area (Å²) in [6, 6.07) is 16.8. The van der Waals surface area contributed by atoms with Gasteiger partial charge in [-0.1, -0.05) is 42.5 Å². The van der Waals surface area contributed by atoms with E-state index >= 15 is 0 Å². The Morgan fingerprint density at radius 1 is 1.03 bits per heavy atom. The Balaban J connectivity index is 1.62. The average Bonchev–Trinajstić information content (AvgIpc) is 3.07. The number of carbonyl (C=O) groups excluding carboxylic acids is 2. The van der Waals surface area contributed by atoms with Crippen LogP contribution in [0, 0.1) is 0 Å². The second kappa shape index (κ2) is 10.9. The molecule has 2 aromatic carbocycles. The van der Waals surface area contributed by atoms with Crippen LogP contribution in [0.2, 0.25) is 0 Å². The number of ether oxygens (including phenoxy) is 4. The maximum atomic E-state index is 12.5. The van der Waals surface area contributed by atoms with E-state index in [-0.39, 0.29) is 25.4 Å². The van der Waals surface area contributed by atoms with Gasteiger partial charge in [0, 0.05) is 5.57 Å². The smallest absolute Gasteiger partial charge is 0.337 e. The molecule has 0 bridgehead atoms. The molecule has 3 rings (SSSR count). The van der Waals surface area contributed by atoms with Crippen molar-refractivity contribution < 1.29 is 33.6 Å². The summed E-state index contributed by atoms with van der Waals surface area (Å²) in [7, 11) is 2.79. The van der Waals surface area contributed by atoms with Crippen molar-refractivity contribution in [1.29, 1.82) is 0 Å². The lowest BCUT2D eigenvalue weighted by Gasteiger charge is -2.28. The highest BCUT2D eigenvalue weighted by Gasteiger charge is 2.56. The molecule has 1 saturated heterocycles.